The monoisotopic (exact) mass is 318 g/mol. The van der Waals surface area contributed by atoms with E-state index in [9.17, 15) is 9.59 Å². The van der Waals surface area contributed by atoms with Crippen molar-refractivity contribution in [1.29, 1.82) is 0 Å². The van der Waals surface area contributed by atoms with Crippen molar-refractivity contribution in [3.8, 4) is 0 Å². The SMILES string of the molecule is Cc1nnc(SCC(=O)c2cc3ccccc3oc2=O)s1. The number of thioether (sulfide) groups is 1. The number of hydrogen-bond acceptors (Lipinski definition) is 7. The van der Waals surface area contributed by atoms with E-state index in [-0.39, 0.29) is 17.1 Å². The van der Waals surface area contributed by atoms with Crippen molar-refractivity contribution in [2.24, 2.45) is 0 Å². The molecule has 0 atom stereocenters. The molecule has 1 aromatic carbocycles. The van der Waals surface area contributed by atoms with Gasteiger partial charge in [-0.05, 0) is 19.1 Å². The molecular formula is C14H10N2O3S2. The third-order valence-electron chi connectivity index (χ3n) is 2.78. The maximum atomic E-state index is 12.2. The molecule has 106 valence electrons. The molecule has 0 aliphatic heterocycles. The predicted molar refractivity (Wildman–Crippen MR) is 82.2 cm³/mol. The van der Waals surface area contributed by atoms with E-state index in [1.165, 1.54) is 23.1 Å². The molecule has 0 radical (unpaired) electrons. The summed E-state index contributed by atoms with van der Waals surface area (Å²) in [6.45, 7) is 1.85. The summed E-state index contributed by atoms with van der Waals surface area (Å²) >= 11 is 2.69. The summed E-state index contributed by atoms with van der Waals surface area (Å²) in [6.07, 6.45) is 0. The van der Waals surface area contributed by atoms with Crippen LogP contribution in [0, 0.1) is 6.92 Å². The van der Waals surface area contributed by atoms with Crippen molar-refractivity contribution >= 4 is 39.9 Å². The zero-order chi connectivity index (χ0) is 14.8. The van der Waals surface area contributed by atoms with Gasteiger partial charge in [0.2, 0.25) is 0 Å². The number of Topliss-reactive ketones (excluding diaryl/α,β-unsaturated/α-hetero) is 1. The molecule has 21 heavy (non-hydrogen) atoms. The van der Waals surface area contributed by atoms with E-state index in [4.69, 9.17) is 4.42 Å². The fourth-order valence-corrected chi connectivity index (χ4v) is 3.50. The Morgan fingerprint density at radius 2 is 2.14 bits per heavy atom. The van der Waals surface area contributed by atoms with Crippen LogP contribution in [0.15, 0.2) is 43.9 Å². The number of rotatable bonds is 4. The average Bonchev–Trinajstić information content (AvgIpc) is 2.89. The first-order chi connectivity index (χ1) is 10.1. The van der Waals surface area contributed by atoms with Crippen molar-refractivity contribution < 1.29 is 9.21 Å². The molecule has 3 rings (SSSR count). The van der Waals surface area contributed by atoms with Crippen LogP contribution in [-0.2, 0) is 0 Å². The van der Waals surface area contributed by atoms with E-state index >= 15 is 0 Å². The number of carbonyl (C=O) groups is 1. The maximum Gasteiger partial charge on any atom is 0.347 e. The van der Waals surface area contributed by atoms with Crippen molar-refractivity contribution in [1.82, 2.24) is 10.2 Å². The molecule has 5 nitrogen and oxygen atoms in total. The third-order valence-corrected chi connectivity index (χ3v) is 4.75. The van der Waals surface area contributed by atoms with Gasteiger partial charge in [0, 0.05) is 5.39 Å². The topological polar surface area (TPSA) is 73.1 Å². The van der Waals surface area contributed by atoms with Gasteiger partial charge in [0.1, 0.15) is 16.2 Å². The van der Waals surface area contributed by atoms with Gasteiger partial charge in [-0.2, -0.15) is 0 Å². The fraction of sp³-hybridized carbons (Fsp3) is 0.143. The molecule has 0 bridgehead atoms. The van der Waals surface area contributed by atoms with Crippen LogP contribution in [0.4, 0.5) is 0 Å². The van der Waals surface area contributed by atoms with Crippen molar-refractivity contribution in [3.63, 3.8) is 0 Å². The number of hydrogen-bond donors (Lipinski definition) is 0. The van der Waals surface area contributed by atoms with E-state index in [1.54, 1.807) is 24.3 Å². The summed E-state index contributed by atoms with van der Waals surface area (Å²) in [6, 6.07) is 8.69. The first-order valence-electron chi connectivity index (χ1n) is 6.12. The van der Waals surface area contributed by atoms with E-state index in [0.29, 0.717) is 9.92 Å². The summed E-state index contributed by atoms with van der Waals surface area (Å²) in [5.41, 5.74) is -0.0540. The molecule has 0 amide bonds. The van der Waals surface area contributed by atoms with Crippen LogP contribution >= 0.6 is 23.1 Å². The van der Waals surface area contributed by atoms with Gasteiger partial charge < -0.3 is 4.42 Å². The largest absolute Gasteiger partial charge is 0.422 e. The second-order valence-corrected chi connectivity index (χ2v) is 6.69. The lowest BCUT2D eigenvalue weighted by Crippen LogP contribution is -2.15. The molecule has 0 saturated heterocycles. The van der Waals surface area contributed by atoms with Crippen LogP contribution in [0.25, 0.3) is 11.0 Å². The van der Waals surface area contributed by atoms with Crippen LogP contribution in [0.3, 0.4) is 0 Å². The van der Waals surface area contributed by atoms with Crippen LogP contribution in [0.2, 0.25) is 0 Å². The minimum Gasteiger partial charge on any atom is -0.422 e. The molecule has 0 spiro atoms. The smallest absolute Gasteiger partial charge is 0.347 e. The first kappa shape index (κ1) is 14.0. The van der Waals surface area contributed by atoms with Gasteiger partial charge in [-0.1, -0.05) is 41.3 Å². The Balaban J connectivity index is 1.84. The molecule has 2 aromatic heterocycles. The van der Waals surface area contributed by atoms with Crippen LogP contribution in [-0.4, -0.2) is 21.7 Å². The highest BCUT2D eigenvalue weighted by Gasteiger charge is 2.15. The molecule has 0 aliphatic carbocycles. The first-order valence-corrected chi connectivity index (χ1v) is 7.93. The minimum absolute atomic E-state index is 0.0717. The molecule has 3 aromatic rings. The van der Waals surface area contributed by atoms with Crippen molar-refractivity contribution in [2.75, 3.05) is 5.75 Å². The quantitative estimate of drug-likeness (QED) is 0.418. The Morgan fingerprint density at radius 1 is 1.33 bits per heavy atom. The van der Waals surface area contributed by atoms with E-state index < -0.39 is 5.63 Å². The molecule has 0 saturated carbocycles. The highest BCUT2D eigenvalue weighted by molar-refractivity contribution is 8.01. The number of aromatic nitrogens is 2. The second-order valence-electron chi connectivity index (χ2n) is 4.28. The zero-order valence-corrected chi connectivity index (χ0v) is 12.7. The number of fused-ring (bicyclic) bond motifs is 1. The number of aryl methyl sites for hydroxylation is 1. The van der Waals surface area contributed by atoms with Crippen LogP contribution in [0.5, 0.6) is 0 Å². The lowest BCUT2D eigenvalue weighted by atomic mass is 10.1. The van der Waals surface area contributed by atoms with Gasteiger partial charge in [-0.25, -0.2) is 4.79 Å². The Morgan fingerprint density at radius 3 is 2.90 bits per heavy atom. The lowest BCUT2D eigenvalue weighted by Gasteiger charge is -2.00. The van der Waals surface area contributed by atoms with Gasteiger partial charge in [0.25, 0.3) is 0 Å². The third kappa shape index (κ3) is 3.03. The van der Waals surface area contributed by atoms with Crippen molar-refractivity contribution in [3.05, 3.63) is 51.3 Å². The molecule has 0 N–H and O–H groups in total. The van der Waals surface area contributed by atoms with Crippen LogP contribution < -0.4 is 5.63 Å². The molecule has 0 aliphatic rings. The Labute approximate surface area is 128 Å². The number of benzene rings is 1. The summed E-state index contributed by atoms with van der Waals surface area (Å²) in [5.74, 6) is -0.134. The van der Waals surface area contributed by atoms with Gasteiger partial charge in [0.05, 0.1) is 5.75 Å². The van der Waals surface area contributed by atoms with Gasteiger partial charge in [-0.3, -0.25) is 4.79 Å². The van der Waals surface area contributed by atoms with Crippen LogP contribution in [0.1, 0.15) is 15.4 Å². The van der Waals surface area contributed by atoms with Gasteiger partial charge in [0.15, 0.2) is 10.1 Å². The molecule has 2 heterocycles. The molecule has 0 unspecified atom stereocenters. The Kier molecular flexibility index (Phi) is 3.85. The van der Waals surface area contributed by atoms with E-state index in [0.717, 1.165) is 10.4 Å². The molecule has 7 heteroatoms. The van der Waals surface area contributed by atoms with Gasteiger partial charge >= 0.3 is 5.63 Å². The summed E-state index contributed by atoms with van der Waals surface area (Å²) in [7, 11) is 0. The molecular weight excluding hydrogens is 308 g/mol. The second kappa shape index (κ2) is 5.79. The minimum atomic E-state index is -0.604. The standard InChI is InChI=1S/C14H10N2O3S2/c1-8-15-16-14(21-8)20-7-11(17)10-6-9-4-2-3-5-12(9)19-13(10)18/h2-6H,7H2,1H3. The van der Waals surface area contributed by atoms with E-state index in [2.05, 4.69) is 10.2 Å². The average molecular weight is 318 g/mol. The summed E-state index contributed by atoms with van der Waals surface area (Å²) in [4.78, 5) is 24.0. The Hall–Kier alpha value is -1.99. The lowest BCUT2D eigenvalue weighted by molar-refractivity contribution is 0.101. The highest BCUT2D eigenvalue weighted by atomic mass is 32.2. The number of carbonyl (C=O) groups excluding carboxylic acids is 1. The number of nitrogens with zero attached hydrogens (tertiary/aromatic N) is 2. The zero-order valence-electron chi connectivity index (χ0n) is 11.0. The van der Waals surface area contributed by atoms with Gasteiger partial charge in [-0.15, -0.1) is 10.2 Å². The van der Waals surface area contributed by atoms with E-state index in [1.807, 2.05) is 13.0 Å². The number of para-hydroxylation sites is 1. The normalized spacial score (nSPS) is 10.9. The summed E-state index contributed by atoms with van der Waals surface area (Å²) in [5, 5.41) is 9.39. The fourth-order valence-electron chi connectivity index (χ4n) is 1.80. The molecule has 0 fully saturated rings. The highest BCUT2D eigenvalue weighted by Crippen LogP contribution is 2.22. The predicted octanol–water partition coefficient (Wildman–Crippen LogP) is 2.93. The Bertz CT molecular complexity index is 870. The number of ketones is 1. The summed E-state index contributed by atoms with van der Waals surface area (Å²) < 4.78 is 5.87. The van der Waals surface area contributed by atoms with Crippen molar-refractivity contribution in [2.45, 2.75) is 11.3 Å². The maximum absolute atomic E-state index is 12.2.